The van der Waals surface area contributed by atoms with Gasteiger partial charge in [-0.05, 0) is 25.3 Å². The summed E-state index contributed by atoms with van der Waals surface area (Å²) in [5.41, 5.74) is -0.857. The fraction of sp³-hybridized carbons (Fsp3) is 0.400. The SMILES string of the molecule is Cn1c(NC(=N)/C=C(\N[C@@H]2CCOC2)C(F)(F)C(F)(F)F)nc2ncc(Oc3ccnc(NC(=O)C4CC4)c3)cc21. The van der Waals surface area contributed by atoms with Gasteiger partial charge in [-0.25, -0.2) is 9.97 Å². The molecule has 1 atom stereocenters. The quantitative estimate of drug-likeness (QED) is 0.167. The van der Waals surface area contributed by atoms with Crippen molar-refractivity contribution in [1.29, 1.82) is 5.41 Å². The number of pyridine rings is 2. The predicted molar refractivity (Wildman–Crippen MR) is 137 cm³/mol. The summed E-state index contributed by atoms with van der Waals surface area (Å²) < 4.78 is 80.2. The number of imidazole rings is 1. The van der Waals surface area contributed by atoms with Crippen LogP contribution in [0.5, 0.6) is 11.5 Å². The van der Waals surface area contributed by atoms with Gasteiger partial charge in [-0.1, -0.05) is 0 Å². The van der Waals surface area contributed by atoms with Crippen LogP contribution in [0.4, 0.5) is 33.7 Å². The third kappa shape index (κ3) is 6.37. The van der Waals surface area contributed by atoms with Crippen molar-refractivity contribution in [3.63, 3.8) is 0 Å². The Balaban J connectivity index is 1.33. The monoisotopic (exact) mass is 580 g/mol. The Kier molecular flexibility index (Phi) is 7.50. The maximum Gasteiger partial charge on any atom is 0.459 e. The van der Waals surface area contributed by atoms with Crippen LogP contribution in [0.25, 0.3) is 11.2 Å². The molecule has 16 heteroatoms. The van der Waals surface area contributed by atoms with E-state index in [-0.39, 0.29) is 43.1 Å². The Labute approximate surface area is 229 Å². The molecular formula is C25H25F5N8O3. The van der Waals surface area contributed by atoms with E-state index in [1.165, 1.54) is 24.0 Å². The van der Waals surface area contributed by atoms with Gasteiger partial charge in [-0.15, -0.1) is 0 Å². The van der Waals surface area contributed by atoms with Gasteiger partial charge in [0.05, 0.1) is 30.1 Å². The Hall–Kier alpha value is -4.34. The van der Waals surface area contributed by atoms with Crippen molar-refractivity contribution in [3.8, 4) is 11.5 Å². The lowest BCUT2D eigenvalue weighted by molar-refractivity contribution is -0.266. The van der Waals surface area contributed by atoms with Crippen LogP contribution < -0.4 is 20.7 Å². The molecule has 2 fully saturated rings. The van der Waals surface area contributed by atoms with Crippen molar-refractivity contribution in [1.82, 2.24) is 24.8 Å². The zero-order chi connectivity index (χ0) is 29.4. The van der Waals surface area contributed by atoms with E-state index in [9.17, 15) is 26.7 Å². The number of rotatable bonds is 9. The van der Waals surface area contributed by atoms with E-state index < -0.39 is 29.7 Å². The average molecular weight is 581 g/mol. The van der Waals surface area contributed by atoms with Crippen molar-refractivity contribution in [3.05, 3.63) is 42.4 Å². The predicted octanol–water partition coefficient (Wildman–Crippen LogP) is 4.35. The lowest BCUT2D eigenvalue weighted by Crippen LogP contribution is -2.46. The zero-order valence-electron chi connectivity index (χ0n) is 21.6. The number of carbonyl (C=O) groups excluding carboxylic acids is 1. The number of aryl methyl sites for hydroxylation is 1. The smallest absolute Gasteiger partial charge is 0.455 e. The van der Waals surface area contributed by atoms with Gasteiger partial charge in [0.15, 0.2) is 5.65 Å². The molecule has 1 amide bonds. The van der Waals surface area contributed by atoms with Crippen LogP contribution >= 0.6 is 0 Å². The summed E-state index contributed by atoms with van der Waals surface area (Å²) in [6.45, 7) is 0.179. The largest absolute Gasteiger partial charge is 0.459 e. The van der Waals surface area contributed by atoms with Crippen LogP contribution in [0.15, 0.2) is 42.4 Å². The Morgan fingerprint density at radius 1 is 1.15 bits per heavy atom. The average Bonchev–Trinajstić information content (AvgIpc) is 3.56. The van der Waals surface area contributed by atoms with Gasteiger partial charge in [0.1, 0.15) is 23.2 Å². The minimum Gasteiger partial charge on any atom is -0.455 e. The molecule has 0 bridgehead atoms. The highest BCUT2D eigenvalue weighted by molar-refractivity contribution is 6.01. The van der Waals surface area contributed by atoms with Crippen molar-refractivity contribution in [2.24, 2.45) is 13.0 Å². The molecule has 1 saturated carbocycles. The molecule has 4 N–H and O–H groups in total. The highest BCUT2D eigenvalue weighted by atomic mass is 19.4. The van der Waals surface area contributed by atoms with E-state index in [1.54, 1.807) is 18.2 Å². The van der Waals surface area contributed by atoms with Crippen LogP contribution in [0.2, 0.25) is 0 Å². The van der Waals surface area contributed by atoms with Crippen LogP contribution in [-0.2, 0) is 16.6 Å². The van der Waals surface area contributed by atoms with Crippen molar-refractivity contribution in [2.75, 3.05) is 23.8 Å². The molecule has 0 aromatic carbocycles. The highest BCUT2D eigenvalue weighted by Gasteiger charge is 2.60. The lowest BCUT2D eigenvalue weighted by atomic mass is 10.1. The van der Waals surface area contributed by atoms with Crippen LogP contribution in [0.3, 0.4) is 0 Å². The molecule has 0 unspecified atom stereocenters. The third-order valence-corrected chi connectivity index (χ3v) is 6.40. The second-order valence-electron chi connectivity index (χ2n) is 9.62. The first-order valence-corrected chi connectivity index (χ1v) is 12.5. The topological polar surface area (TPSA) is 139 Å². The molecule has 0 spiro atoms. The number of anilines is 2. The summed E-state index contributed by atoms with van der Waals surface area (Å²) in [6.07, 6.45) is -0.706. The molecular weight excluding hydrogens is 555 g/mol. The lowest BCUT2D eigenvalue weighted by Gasteiger charge is -2.26. The molecule has 3 aromatic rings. The van der Waals surface area contributed by atoms with E-state index in [0.29, 0.717) is 28.9 Å². The van der Waals surface area contributed by atoms with Gasteiger partial charge >= 0.3 is 12.1 Å². The van der Waals surface area contributed by atoms with Gasteiger partial charge in [0.2, 0.25) is 11.9 Å². The second-order valence-corrected chi connectivity index (χ2v) is 9.62. The van der Waals surface area contributed by atoms with Gasteiger partial charge < -0.3 is 30.0 Å². The first kappa shape index (κ1) is 28.2. The molecule has 11 nitrogen and oxygen atoms in total. The van der Waals surface area contributed by atoms with Crippen molar-refractivity contribution < 1.29 is 36.2 Å². The number of amides is 1. The minimum atomic E-state index is -5.87. The number of hydrogen-bond donors (Lipinski definition) is 4. The van der Waals surface area contributed by atoms with Gasteiger partial charge in [0, 0.05) is 44.0 Å². The summed E-state index contributed by atoms with van der Waals surface area (Å²) in [5, 5.41) is 15.4. The molecule has 3 aromatic heterocycles. The van der Waals surface area contributed by atoms with Crippen molar-refractivity contribution >= 4 is 34.7 Å². The second kappa shape index (κ2) is 10.9. The number of allylic oxidation sites excluding steroid dienone is 1. The number of nitrogens with one attached hydrogen (secondary N) is 4. The number of carbonyl (C=O) groups is 1. The number of halogens is 5. The molecule has 5 rings (SSSR count). The zero-order valence-corrected chi connectivity index (χ0v) is 21.6. The summed E-state index contributed by atoms with van der Waals surface area (Å²) in [4.78, 5) is 24.5. The number of hydrogen-bond acceptors (Lipinski definition) is 8. The molecule has 218 valence electrons. The van der Waals surface area contributed by atoms with E-state index in [0.717, 1.165) is 12.8 Å². The Morgan fingerprint density at radius 3 is 2.61 bits per heavy atom. The first-order chi connectivity index (χ1) is 19.4. The molecule has 41 heavy (non-hydrogen) atoms. The summed E-state index contributed by atoms with van der Waals surface area (Å²) in [5.74, 6) is -5.12. The molecule has 1 saturated heterocycles. The van der Waals surface area contributed by atoms with Gasteiger partial charge in [0.25, 0.3) is 0 Å². The van der Waals surface area contributed by atoms with Crippen LogP contribution in [0, 0.1) is 11.3 Å². The molecule has 1 aliphatic carbocycles. The summed E-state index contributed by atoms with van der Waals surface area (Å²) >= 11 is 0. The number of nitrogens with zero attached hydrogens (tertiary/aromatic N) is 4. The van der Waals surface area contributed by atoms with Crippen molar-refractivity contribution in [2.45, 2.75) is 37.4 Å². The highest BCUT2D eigenvalue weighted by Crippen LogP contribution is 2.40. The van der Waals surface area contributed by atoms with E-state index in [1.807, 2.05) is 0 Å². The molecule has 2 aliphatic rings. The number of aromatic nitrogens is 4. The number of alkyl halides is 5. The Morgan fingerprint density at radius 2 is 1.93 bits per heavy atom. The fourth-order valence-electron chi connectivity index (χ4n) is 4.02. The number of fused-ring (bicyclic) bond motifs is 1. The molecule has 0 radical (unpaired) electrons. The van der Waals surface area contributed by atoms with E-state index in [2.05, 4.69) is 30.9 Å². The summed E-state index contributed by atoms with van der Waals surface area (Å²) in [7, 11) is 1.54. The maximum atomic E-state index is 14.3. The first-order valence-electron chi connectivity index (χ1n) is 12.5. The maximum absolute atomic E-state index is 14.3. The standard InChI is InChI=1S/C25H25F5N8O3/c1-38-17-8-16(41-15-4-6-32-20(9-15)36-22(39)13-2-3-13)11-33-21(17)37-23(38)35-19(31)10-18(24(26,27)25(28,29)30)34-14-5-7-40-12-14/h4,6,8-11,13-14,34H,2-3,5,7,12H2,1H3,(H,32,36,39)(H2,31,33,35,37)/b18-10-/t14-/m1/s1. The Bertz CT molecular complexity index is 1500. The molecule has 1 aliphatic heterocycles. The third-order valence-electron chi connectivity index (χ3n) is 6.40. The minimum absolute atomic E-state index is 0.00322. The van der Waals surface area contributed by atoms with Gasteiger partial charge in [-0.2, -0.15) is 26.9 Å². The van der Waals surface area contributed by atoms with E-state index >= 15 is 0 Å². The van der Waals surface area contributed by atoms with E-state index in [4.69, 9.17) is 14.9 Å². The van der Waals surface area contributed by atoms with Crippen LogP contribution in [0.1, 0.15) is 19.3 Å². The number of ether oxygens (including phenoxy) is 2. The normalized spacial score (nSPS) is 17.9. The number of amidine groups is 1. The summed E-state index contributed by atoms with van der Waals surface area (Å²) in [6, 6.07) is 3.95. The fourth-order valence-corrected chi connectivity index (χ4v) is 4.02. The van der Waals surface area contributed by atoms with Crippen LogP contribution in [-0.4, -0.2) is 62.6 Å². The van der Waals surface area contributed by atoms with Gasteiger partial charge in [-0.3, -0.25) is 10.2 Å². The molecule has 4 heterocycles.